The number of aryl methyl sites for hydroxylation is 1. The topological polar surface area (TPSA) is 99.5 Å². The number of hydrogen-bond acceptors (Lipinski definition) is 5. The molecule has 2 aromatic rings. The van der Waals surface area contributed by atoms with E-state index in [1.807, 2.05) is 0 Å². The highest BCUT2D eigenvalue weighted by Gasteiger charge is 2.10. The van der Waals surface area contributed by atoms with Gasteiger partial charge in [0.15, 0.2) is 5.69 Å². The number of benzene rings is 1. The average molecular weight is 306 g/mol. The molecule has 3 N–H and O–H groups in total. The first kappa shape index (κ1) is 15.0. The van der Waals surface area contributed by atoms with E-state index >= 15 is 0 Å². The number of carboxylic acids is 1. The number of carbonyl (C=O) groups is 2. The van der Waals surface area contributed by atoms with Crippen molar-refractivity contribution in [3.8, 4) is 5.75 Å². The number of phenols is 1. The van der Waals surface area contributed by atoms with Crippen molar-refractivity contribution in [3.05, 3.63) is 45.4 Å². The van der Waals surface area contributed by atoms with Crippen LogP contribution in [0.4, 0.5) is 0 Å². The lowest BCUT2D eigenvalue weighted by molar-refractivity contribution is 0.0690. The summed E-state index contributed by atoms with van der Waals surface area (Å²) < 4.78 is 0. The van der Waals surface area contributed by atoms with E-state index in [4.69, 9.17) is 5.11 Å². The molecule has 0 bridgehead atoms. The van der Waals surface area contributed by atoms with Gasteiger partial charge in [0.25, 0.3) is 5.91 Å². The van der Waals surface area contributed by atoms with Crippen LogP contribution >= 0.6 is 11.3 Å². The molecular formula is C14H14N2O4S. The van der Waals surface area contributed by atoms with E-state index in [-0.39, 0.29) is 17.4 Å². The van der Waals surface area contributed by atoms with Gasteiger partial charge in [-0.3, -0.25) is 4.79 Å². The Morgan fingerprint density at radius 3 is 2.76 bits per heavy atom. The fraction of sp³-hybridized carbons (Fsp3) is 0.214. The minimum absolute atomic E-state index is 0.0183. The maximum absolute atomic E-state index is 11.9. The van der Waals surface area contributed by atoms with E-state index in [2.05, 4.69) is 10.3 Å². The third kappa shape index (κ3) is 3.79. The Kier molecular flexibility index (Phi) is 4.54. The molecule has 1 aromatic heterocycles. The predicted molar refractivity (Wildman–Crippen MR) is 78.0 cm³/mol. The van der Waals surface area contributed by atoms with Crippen molar-refractivity contribution >= 4 is 23.2 Å². The monoisotopic (exact) mass is 306 g/mol. The van der Waals surface area contributed by atoms with E-state index in [0.29, 0.717) is 29.1 Å². The molecule has 0 radical (unpaired) electrons. The van der Waals surface area contributed by atoms with Gasteiger partial charge in [0, 0.05) is 23.9 Å². The van der Waals surface area contributed by atoms with Gasteiger partial charge in [0.2, 0.25) is 0 Å². The number of phenolic OH excluding ortho intramolecular Hbond substituents is 1. The normalized spacial score (nSPS) is 10.3. The standard InChI is InChI=1S/C14H14N2O4S/c1-8-2-3-9(6-11(8)17)13(18)15-5-4-12-16-10(7-21-12)14(19)20/h2-3,6-7,17H,4-5H2,1H3,(H,15,18)(H,19,20). The summed E-state index contributed by atoms with van der Waals surface area (Å²) in [7, 11) is 0. The molecule has 0 unspecified atom stereocenters. The first-order chi connectivity index (χ1) is 9.97. The Balaban J connectivity index is 1.88. The fourth-order valence-corrected chi connectivity index (χ4v) is 2.43. The predicted octanol–water partition coefficient (Wildman–Crippen LogP) is 1.83. The minimum atomic E-state index is -1.06. The highest BCUT2D eigenvalue weighted by molar-refractivity contribution is 7.09. The van der Waals surface area contributed by atoms with Crippen LogP contribution in [0.3, 0.4) is 0 Å². The number of aromatic nitrogens is 1. The molecule has 0 saturated carbocycles. The lowest BCUT2D eigenvalue weighted by Gasteiger charge is -2.05. The number of thiazole rings is 1. The smallest absolute Gasteiger partial charge is 0.355 e. The molecule has 0 aliphatic rings. The summed E-state index contributed by atoms with van der Waals surface area (Å²) in [6.45, 7) is 2.10. The van der Waals surface area contributed by atoms with Crippen LogP contribution in [0.2, 0.25) is 0 Å². The number of amides is 1. The number of nitrogens with one attached hydrogen (secondary N) is 1. The van der Waals surface area contributed by atoms with Crippen LogP contribution in [0.1, 0.15) is 31.4 Å². The second-order valence-electron chi connectivity index (χ2n) is 4.44. The van der Waals surface area contributed by atoms with Gasteiger partial charge in [-0.1, -0.05) is 6.07 Å². The molecule has 0 aliphatic carbocycles. The summed E-state index contributed by atoms with van der Waals surface area (Å²) in [6, 6.07) is 4.72. The second-order valence-corrected chi connectivity index (χ2v) is 5.38. The second kappa shape index (κ2) is 6.36. The molecule has 110 valence electrons. The highest BCUT2D eigenvalue weighted by atomic mass is 32.1. The van der Waals surface area contributed by atoms with Crippen molar-refractivity contribution in [3.63, 3.8) is 0 Å². The van der Waals surface area contributed by atoms with Crippen molar-refractivity contribution in [1.82, 2.24) is 10.3 Å². The Morgan fingerprint density at radius 2 is 2.14 bits per heavy atom. The number of rotatable bonds is 5. The number of carboxylic acid groups (broad SMARTS) is 1. The Morgan fingerprint density at radius 1 is 1.38 bits per heavy atom. The Labute approximate surface area is 125 Å². The minimum Gasteiger partial charge on any atom is -0.508 e. The van der Waals surface area contributed by atoms with Crippen LogP contribution in [-0.4, -0.2) is 33.6 Å². The van der Waals surface area contributed by atoms with E-state index in [0.717, 1.165) is 0 Å². The van der Waals surface area contributed by atoms with Crippen LogP contribution < -0.4 is 5.32 Å². The number of carbonyl (C=O) groups excluding carboxylic acids is 1. The molecule has 21 heavy (non-hydrogen) atoms. The summed E-state index contributed by atoms with van der Waals surface area (Å²) in [5, 5.41) is 23.1. The largest absolute Gasteiger partial charge is 0.508 e. The zero-order valence-electron chi connectivity index (χ0n) is 11.3. The van der Waals surface area contributed by atoms with Crippen molar-refractivity contribution in [1.29, 1.82) is 0 Å². The Bertz CT molecular complexity index is 681. The molecule has 1 amide bonds. The quantitative estimate of drug-likeness (QED) is 0.782. The van der Waals surface area contributed by atoms with E-state index in [1.165, 1.54) is 22.8 Å². The summed E-state index contributed by atoms with van der Waals surface area (Å²) in [4.78, 5) is 26.5. The van der Waals surface area contributed by atoms with E-state index < -0.39 is 5.97 Å². The third-order valence-electron chi connectivity index (χ3n) is 2.87. The van der Waals surface area contributed by atoms with Gasteiger partial charge >= 0.3 is 5.97 Å². The summed E-state index contributed by atoms with van der Waals surface area (Å²) in [5.74, 6) is -1.27. The zero-order chi connectivity index (χ0) is 15.4. The molecule has 6 nitrogen and oxygen atoms in total. The molecule has 2 rings (SSSR count). The van der Waals surface area contributed by atoms with Crippen LogP contribution in [0, 0.1) is 6.92 Å². The highest BCUT2D eigenvalue weighted by Crippen LogP contribution is 2.17. The van der Waals surface area contributed by atoms with Crippen molar-refractivity contribution in [2.75, 3.05) is 6.54 Å². The summed E-state index contributed by atoms with van der Waals surface area (Å²) in [5.41, 5.74) is 1.10. The van der Waals surface area contributed by atoms with Crippen molar-refractivity contribution < 1.29 is 19.8 Å². The first-order valence-corrected chi connectivity index (χ1v) is 7.11. The number of aromatic hydroxyl groups is 1. The van der Waals surface area contributed by atoms with Gasteiger partial charge in [-0.05, 0) is 24.6 Å². The summed E-state index contributed by atoms with van der Waals surface area (Å²) in [6.07, 6.45) is 0.460. The maximum Gasteiger partial charge on any atom is 0.355 e. The van der Waals surface area contributed by atoms with Crippen LogP contribution in [0.5, 0.6) is 5.75 Å². The van der Waals surface area contributed by atoms with Gasteiger partial charge in [0.05, 0.1) is 5.01 Å². The van der Waals surface area contributed by atoms with Gasteiger partial charge < -0.3 is 15.5 Å². The molecule has 0 saturated heterocycles. The van der Waals surface area contributed by atoms with Crippen LogP contribution in [0.15, 0.2) is 23.6 Å². The van der Waals surface area contributed by atoms with Gasteiger partial charge in [0.1, 0.15) is 5.75 Å². The SMILES string of the molecule is Cc1ccc(C(=O)NCCc2nc(C(=O)O)cs2)cc1O. The third-order valence-corrected chi connectivity index (χ3v) is 3.78. The van der Waals surface area contributed by atoms with Gasteiger partial charge in [-0.15, -0.1) is 11.3 Å². The summed E-state index contributed by atoms with van der Waals surface area (Å²) >= 11 is 1.25. The Hall–Kier alpha value is -2.41. The molecule has 1 heterocycles. The zero-order valence-corrected chi connectivity index (χ0v) is 12.1. The number of aromatic carboxylic acids is 1. The number of nitrogens with zero attached hydrogens (tertiary/aromatic N) is 1. The lowest BCUT2D eigenvalue weighted by Crippen LogP contribution is -2.25. The first-order valence-electron chi connectivity index (χ1n) is 6.23. The van der Waals surface area contributed by atoms with Gasteiger partial charge in [-0.2, -0.15) is 0 Å². The van der Waals surface area contributed by atoms with E-state index in [9.17, 15) is 14.7 Å². The molecule has 1 aromatic carbocycles. The molecule has 7 heteroatoms. The molecular weight excluding hydrogens is 292 g/mol. The average Bonchev–Trinajstić information content (AvgIpc) is 2.91. The number of hydrogen-bond donors (Lipinski definition) is 3. The van der Waals surface area contributed by atoms with Crippen LogP contribution in [0.25, 0.3) is 0 Å². The maximum atomic E-state index is 11.9. The van der Waals surface area contributed by atoms with Crippen LogP contribution in [-0.2, 0) is 6.42 Å². The van der Waals surface area contributed by atoms with Gasteiger partial charge in [-0.25, -0.2) is 9.78 Å². The lowest BCUT2D eigenvalue weighted by atomic mass is 10.1. The van der Waals surface area contributed by atoms with Crippen molar-refractivity contribution in [2.24, 2.45) is 0 Å². The molecule has 0 aliphatic heterocycles. The van der Waals surface area contributed by atoms with Crippen molar-refractivity contribution in [2.45, 2.75) is 13.3 Å². The molecule has 0 atom stereocenters. The molecule has 0 fully saturated rings. The van der Waals surface area contributed by atoms with E-state index in [1.54, 1.807) is 19.1 Å². The molecule has 0 spiro atoms. The fourth-order valence-electron chi connectivity index (χ4n) is 1.66.